The second-order valence-corrected chi connectivity index (χ2v) is 10.1. The highest BCUT2D eigenvalue weighted by atomic mass is 16.5. The van der Waals surface area contributed by atoms with Crippen LogP contribution in [0.25, 0.3) is 5.57 Å². The lowest BCUT2D eigenvalue weighted by Gasteiger charge is -2.26. The number of Topliss-reactive ketones (excluding diaryl/α,β-unsaturated/α-hetero) is 1. The molecule has 1 aliphatic heterocycles. The van der Waals surface area contributed by atoms with Gasteiger partial charge in [-0.3, -0.25) is 4.79 Å². The second-order valence-electron chi connectivity index (χ2n) is 10.1. The van der Waals surface area contributed by atoms with Gasteiger partial charge in [-0.2, -0.15) is 0 Å². The summed E-state index contributed by atoms with van der Waals surface area (Å²) in [5.41, 5.74) is 9.62. The molecule has 0 bridgehead atoms. The third-order valence-electron chi connectivity index (χ3n) is 7.14. The molecule has 0 saturated heterocycles. The highest BCUT2D eigenvalue weighted by Gasteiger charge is 2.36. The van der Waals surface area contributed by atoms with Crippen molar-refractivity contribution in [3.63, 3.8) is 0 Å². The maximum Gasteiger partial charge on any atom is 0.213 e. The van der Waals surface area contributed by atoms with Crippen LogP contribution in [0.15, 0.2) is 60.5 Å². The van der Waals surface area contributed by atoms with E-state index in [0.717, 1.165) is 24.2 Å². The molecule has 2 N–H and O–H groups in total. The summed E-state index contributed by atoms with van der Waals surface area (Å²) in [6.07, 6.45) is 14.8. The fourth-order valence-corrected chi connectivity index (χ4v) is 5.02. The number of carbonyl (C=O) groups excluding carboxylic acids is 1. The smallest absolute Gasteiger partial charge is 0.213 e. The molecule has 0 fully saturated rings. The van der Waals surface area contributed by atoms with E-state index in [1.54, 1.807) is 0 Å². The van der Waals surface area contributed by atoms with Crippen molar-refractivity contribution in [2.24, 2.45) is 5.73 Å². The zero-order valence-corrected chi connectivity index (χ0v) is 22.5. The Morgan fingerprint density at radius 2 is 1.33 bits per heavy atom. The van der Waals surface area contributed by atoms with Gasteiger partial charge in [0.05, 0.1) is 5.57 Å². The molecule has 2 aromatic rings. The van der Waals surface area contributed by atoms with Crippen molar-refractivity contribution in [2.75, 3.05) is 18.0 Å². The number of hydrogen-bond acceptors (Lipinski definition) is 4. The zero-order chi connectivity index (χ0) is 25.6. The van der Waals surface area contributed by atoms with E-state index in [2.05, 4.69) is 30.9 Å². The number of hydrogen-bond donors (Lipinski definition) is 1. The van der Waals surface area contributed by atoms with Crippen molar-refractivity contribution in [3.05, 3.63) is 71.6 Å². The summed E-state index contributed by atoms with van der Waals surface area (Å²) in [5.74, 6) is 0.165. The molecular formula is C32H46N2O2. The van der Waals surface area contributed by atoms with E-state index in [0.29, 0.717) is 5.57 Å². The minimum Gasteiger partial charge on any atom is -0.462 e. The molecular weight excluding hydrogens is 444 g/mol. The fourth-order valence-electron chi connectivity index (χ4n) is 5.02. The normalized spacial score (nSPS) is 15.4. The van der Waals surface area contributed by atoms with Crippen LogP contribution in [0.2, 0.25) is 0 Å². The van der Waals surface area contributed by atoms with Gasteiger partial charge in [0.1, 0.15) is 0 Å². The van der Waals surface area contributed by atoms with Crippen LogP contribution in [0.4, 0.5) is 5.69 Å². The molecule has 0 saturated carbocycles. The van der Waals surface area contributed by atoms with Gasteiger partial charge < -0.3 is 15.4 Å². The number of carbonyl (C=O) groups is 1. The van der Waals surface area contributed by atoms with Crippen molar-refractivity contribution in [3.8, 4) is 0 Å². The van der Waals surface area contributed by atoms with Crippen molar-refractivity contribution in [2.45, 2.75) is 97.0 Å². The average Bonchev–Trinajstić information content (AvgIpc) is 3.21. The number of ether oxygens (including phenoxy) is 1. The van der Waals surface area contributed by atoms with Gasteiger partial charge in [0, 0.05) is 24.3 Å². The van der Waals surface area contributed by atoms with Crippen LogP contribution in [0.1, 0.15) is 108 Å². The molecule has 3 rings (SSSR count). The quantitative estimate of drug-likeness (QED) is 0.227. The molecule has 4 nitrogen and oxygen atoms in total. The van der Waals surface area contributed by atoms with Gasteiger partial charge in [0.15, 0.2) is 12.0 Å². The molecule has 0 spiro atoms. The first-order valence-corrected chi connectivity index (χ1v) is 14.3. The zero-order valence-electron chi connectivity index (χ0n) is 22.5. The molecule has 36 heavy (non-hydrogen) atoms. The van der Waals surface area contributed by atoms with Crippen LogP contribution in [-0.2, 0) is 9.53 Å². The van der Waals surface area contributed by atoms with Crippen LogP contribution >= 0.6 is 0 Å². The lowest BCUT2D eigenvalue weighted by atomic mass is 9.96. The van der Waals surface area contributed by atoms with Crippen molar-refractivity contribution < 1.29 is 9.53 Å². The number of benzene rings is 2. The Kier molecular flexibility index (Phi) is 11.9. The third-order valence-corrected chi connectivity index (χ3v) is 7.14. The number of unbranched alkanes of at least 4 members (excludes halogenated alkanes) is 10. The summed E-state index contributed by atoms with van der Waals surface area (Å²) in [6.45, 7) is 6.63. The van der Waals surface area contributed by atoms with Gasteiger partial charge in [-0.05, 0) is 30.5 Å². The van der Waals surface area contributed by atoms with Crippen molar-refractivity contribution in [1.29, 1.82) is 0 Å². The Hall–Kier alpha value is -2.75. The van der Waals surface area contributed by atoms with Crippen LogP contribution in [0, 0.1) is 0 Å². The first-order valence-electron chi connectivity index (χ1n) is 14.3. The lowest BCUT2D eigenvalue weighted by Crippen LogP contribution is -2.26. The Morgan fingerprint density at radius 3 is 1.94 bits per heavy atom. The van der Waals surface area contributed by atoms with Crippen molar-refractivity contribution >= 4 is 17.0 Å². The third kappa shape index (κ3) is 8.15. The first kappa shape index (κ1) is 27.8. The highest BCUT2D eigenvalue weighted by molar-refractivity contribution is 6.25. The maximum atomic E-state index is 13.3. The largest absolute Gasteiger partial charge is 0.462 e. The predicted octanol–water partition coefficient (Wildman–Crippen LogP) is 8.18. The Bertz CT molecular complexity index is 938. The van der Waals surface area contributed by atoms with Gasteiger partial charge >= 0.3 is 0 Å². The number of nitrogens with two attached hydrogens (primary N) is 1. The van der Waals surface area contributed by atoms with E-state index >= 15 is 0 Å². The van der Waals surface area contributed by atoms with Crippen molar-refractivity contribution in [1.82, 2.24) is 0 Å². The minimum absolute atomic E-state index is 0.0609. The van der Waals surface area contributed by atoms with E-state index in [1.165, 1.54) is 82.7 Å². The van der Waals surface area contributed by atoms with Gasteiger partial charge in [0.25, 0.3) is 0 Å². The summed E-state index contributed by atoms with van der Waals surface area (Å²) in [5, 5.41) is 0. The topological polar surface area (TPSA) is 55.6 Å². The summed E-state index contributed by atoms with van der Waals surface area (Å²) >= 11 is 0. The number of ketones is 1. The monoisotopic (exact) mass is 490 g/mol. The first-order chi connectivity index (χ1) is 17.7. The molecule has 4 heteroatoms. The lowest BCUT2D eigenvalue weighted by molar-refractivity contribution is -0.120. The second kappa shape index (κ2) is 15.4. The highest BCUT2D eigenvalue weighted by Crippen LogP contribution is 2.37. The SMILES string of the molecule is CCCCCCCCN(CCCCCCCC)c1cccc(C2=C(N)OC(c3ccccc3)C2=O)c1. The Labute approximate surface area is 218 Å². The van der Waals surface area contributed by atoms with Gasteiger partial charge in [-0.15, -0.1) is 0 Å². The van der Waals surface area contributed by atoms with Gasteiger partial charge in [-0.25, -0.2) is 0 Å². The molecule has 0 aromatic heterocycles. The van der Waals surface area contributed by atoms with Crippen LogP contribution in [-0.4, -0.2) is 18.9 Å². The number of rotatable bonds is 17. The number of anilines is 1. The van der Waals surface area contributed by atoms with E-state index in [1.807, 2.05) is 42.5 Å². The standard InChI is InChI=1S/C32H46N2O2/c1-3-5-7-9-11-16-23-34(24-17-12-10-8-6-4-2)28-22-18-21-27(25-28)29-30(35)31(36-32(29)33)26-19-14-13-15-20-26/h13-15,18-22,25,31H,3-12,16-17,23-24,33H2,1-2H3. The molecule has 0 amide bonds. The van der Waals surface area contributed by atoms with Crippen LogP contribution in [0.3, 0.4) is 0 Å². The summed E-state index contributed by atoms with van der Waals surface area (Å²) in [7, 11) is 0. The molecule has 1 aliphatic rings. The molecule has 0 aliphatic carbocycles. The van der Waals surface area contributed by atoms with E-state index < -0.39 is 6.10 Å². The number of nitrogens with zero attached hydrogens (tertiary/aromatic N) is 1. The van der Waals surface area contributed by atoms with E-state index in [4.69, 9.17) is 10.5 Å². The summed E-state index contributed by atoms with van der Waals surface area (Å²) in [6, 6.07) is 17.9. The predicted molar refractivity (Wildman–Crippen MR) is 152 cm³/mol. The molecule has 1 atom stereocenters. The van der Waals surface area contributed by atoms with Gasteiger partial charge in [0.2, 0.25) is 5.78 Å². The molecule has 0 radical (unpaired) electrons. The maximum absolute atomic E-state index is 13.3. The van der Waals surface area contributed by atoms with Gasteiger partial charge in [-0.1, -0.05) is 121 Å². The van der Waals surface area contributed by atoms with Crippen LogP contribution in [0.5, 0.6) is 0 Å². The molecule has 1 heterocycles. The van der Waals surface area contributed by atoms with E-state index in [9.17, 15) is 4.79 Å². The summed E-state index contributed by atoms with van der Waals surface area (Å²) in [4.78, 5) is 15.8. The Balaban J connectivity index is 1.69. The summed E-state index contributed by atoms with van der Waals surface area (Å²) < 4.78 is 5.84. The van der Waals surface area contributed by atoms with E-state index in [-0.39, 0.29) is 11.7 Å². The Morgan fingerprint density at radius 1 is 0.750 bits per heavy atom. The molecule has 196 valence electrons. The van der Waals surface area contributed by atoms with Crippen LogP contribution < -0.4 is 10.6 Å². The molecule has 1 unspecified atom stereocenters. The molecule has 2 aromatic carbocycles. The minimum atomic E-state index is -0.660. The fraction of sp³-hybridized carbons (Fsp3) is 0.531. The average molecular weight is 491 g/mol.